The molecule has 4 nitrogen and oxygen atoms in total. The minimum absolute atomic E-state index is 0.00131. The van der Waals surface area contributed by atoms with E-state index in [0.717, 1.165) is 35.1 Å². The zero-order chi connectivity index (χ0) is 18.5. The first-order valence-electron chi connectivity index (χ1n) is 9.78. The molecule has 1 amide bonds. The molecule has 0 atom stereocenters. The van der Waals surface area contributed by atoms with E-state index in [0.29, 0.717) is 12.6 Å². The van der Waals surface area contributed by atoms with Gasteiger partial charge in [-0.1, -0.05) is 19.3 Å². The summed E-state index contributed by atoms with van der Waals surface area (Å²) in [5.74, 6) is -0.275. The fourth-order valence-electron chi connectivity index (χ4n) is 4.07. The van der Waals surface area contributed by atoms with Gasteiger partial charge in [-0.25, -0.2) is 4.39 Å². The van der Waals surface area contributed by atoms with Gasteiger partial charge >= 0.3 is 0 Å². The van der Waals surface area contributed by atoms with Crippen molar-refractivity contribution in [2.45, 2.75) is 57.9 Å². The molecule has 0 radical (unpaired) electrons. The number of H-pyrrole nitrogens is 1. The molecule has 1 aromatic heterocycles. The largest absolute Gasteiger partial charge is 0.358 e. The monoisotopic (exact) mass is 359 g/mol. The van der Waals surface area contributed by atoms with Crippen LogP contribution in [0.5, 0.6) is 0 Å². The van der Waals surface area contributed by atoms with Crippen LogP contribution >= 0.6 is 0 Å². The first-order valence-corrected chi connectivity index (χ1v) is 9.78. The van der Waals surface area contributed by atoms with E-state index in [1.165, 1.54) is 44.2 Å². The molecule has 0 bridgehead atoms. The molecule has 0 spiro atoms. The van der Waals surface area contributed by atoms with Gasteiger partial charge < -0.3 is 15.2 Å². The zero-order valence-electron chi connectivity index (χ0n) is 15.9. The maximum Gasteiger partial charge on any atom is 0.224 e. The van der Waals surface area contributed by atoms with Gasteiger partial charge in [0.1, 0.15) is 5.82 Å². The van der Waals surface area contributed by atoms with Gasteiger partial charge in [0.2, 0.25) is 5.91 Å². The number of aryl methyl sites for hydroxylation is 1. The Morgan fingerprint density at radius 2 is 2.08 bits per heavy atom. The van der Waals surface area contributed by atoms with Crippen molar-refractivity contribution in [2.75, 3.05) is 20.1 Å². The molecule has 1 aliphatic carbocycles. The number of aromatic amines is 1. The fourth-order valence-corrected chi connectivity index (χ4v) is 4.07. The lowest BCUT2D eigenvalue weighted by Crippen LogP contribution is -2.36. The van der Waals surface area contributed by atoms with Crippen LogP contribution in [0.1, 0.15) is 49.8 Å². The van der Waals surface area contributed by atoms with Crippen LogP contribution in [0, 0.1) is 12.7 Å². The SMILES string of the molecule is Cc1[nH]c2ccc(F)cc2c1CC(=O)NCCCN(C)C1CCCCC1. The molecule has 0 unspecified atom stereocenters. The van der Waals surface area contributed by atoms with E-state index in [9.17, 15) is 9.18 Å². The Hall–Kier alpha value is -1.88. The Morgan fingerprint density at radius 3 is 2.85 bits per heavy atom. The Kier molecular flexibility index (Phi) is 6.30. The third kappa shape index (κ3) is 4.64. The highest BCUT2D eigenvalue weighted by Gasteiger charge is 2.17. The van der Waals surface area contributed by atoms with E-state index in [-0.39, 0.29) is 18.1 Å². The van der Waals surface area contributed by atoms with E-state index < -0.39 is 0 Å². The van der Waals surface area contributed by atoms with Crippen LogP contribution in [0.4, 0.5) is 4.39 Å². The number of nitrogens with one attached hydrogen (secondary N) is 2. The first-order chi connectivity index (χ1) is 12.5. The highest BCUT2D eigenvalue weighted by Crippen LogP contribution is 2.24. The first kappa shape index (κ1) is 18.9. The molecular formula is C21H30FN3O. The summed E-state index contributed by atoms with van der Waals surface area (Å²) >= 11 is 0. The number of hydrogen-bond acceptors (Lipinski definition) is 2. The van der Waals surface area contributed by atoms with Gasteiger partial charge in [0.05, 0.1) is 6.42 Å². The number of amides is 1. The second-order valence-corrected chi connectivity index (χ2v) is 7.57. The van der Waals surface area contributed by atoms with Crippen LogP contribution in [0.2, 0.25) is 0 Å². The second kappa shape index (κ2) is 8.67. The van der Waals surface area contributed by atoms with Gasteiger partial charge in [0, 0.05) is 29.2 Å². The van der Waals surface area contributed by atoms with Crippen LogP contribution < -0.4 is 5.32 Å². The van der Waals surface area contributed by atoms with Crippen LogP contribution in [-0.2, 0) is 11.2 Å². The molecule has 1 saturated carbocycles. The molecule has 142 valence electrons. The predicted octanol–water partition coefficient (Wildman–Crippen LogP) is 3.93. The summed E-state index contributed by atoms with van der Waals surface area (Å²) in [6.07, 6.45) is 7.91. The molecule has 1 aromatic carbocycles. The summed E-state index contributed by atoms with van der Waals surface area (Å²) < 4.78 is 13.5. The lowest BCUT2D eigenvalue weighted by molar-refractivity contribution is -0.120. The topological polar surface area (TPSA) is 48.1 Å². The zero-order valence-corrected chi connectivity index (χ0v) is 15.9. The summed E-state index contributed by atoms with van der Waals surface area (Å²) in [4.78, 5) is 18.0. The van der Waals surface area contributed by atoms with Crippen LogP contribution in [-0.4, -0.2) is 42.0 Å². The highest BCUT2D eigenvalue weighted by molar-refractivity contribution is 5.90. The maximum atomic E-state index is 13.5. The van der Waals surface area contributed by atoms with Crippen molar-refractivity contribution in [1.82, 2.24) is 15.2 Å². The molecule has 0 aliphatic heterocycles. The van der Waals surface area contributed by atoms with Crippen molar-refractivity contribution < 1.29 is 9.18 Å². The summed E-state index contributed by atoms with van der Waals surface area (Å²) in [6.45, 7) is 3.63. The lowest BCUT2D eigenvalue weighted by Gasteiger charge is -2.31. The van der Waals surface area contributed by atoms with E-state index in [2.05, 4.69) is 22.2 Å². The molecule has 3 rings (SSSR count). The molecule has 1 heterocycles. The minimum atomic E-state index is -0.274. The molecular weight excluding hydrogens is 329 g/mol. The quantitative estimate of drug-likeness (QED) is 0.736. The molecule has 26 heavy (non-hydrogen) atoms. The van der Waals surface area contributed by atoms with Gasteiger partial charge in [-0.3, -0.25) is 4.79 Å². The van der Waals surface area contributed by atoms with Crippen LogP contribution in [0.15, 0.2) is 18.2 Å². The number of hydrogen-bond donors (Lipinski definition) is 2. The number of carbonyl (C=O) groups is 1. The van der Waals surface area contributed by atoms with Gasteiger partial charge in [0.15, 0.2) is 0 Å². The molecule has 1 fully saturated rings. The number of carbonyl (C=O) groups excluding carboxylic acids is 1. The van der Waals surface area contributed by atoms with E-state index in [1.54, 1.807) is 6.07 Å². The summed E-state index contributed by atoms with van der Waals surface area (Å²) in [5, 5.41) is 3.81. The molecule has 2 aromatic rings. The summed E-state index contributed by atoms with van der Waals surface area (Å²) in [6, 6.07) is 5.37. The molecule has 2 N–H and O–H groups in total. The van der Waals surface area contributed by atoms with Gasteiger partial charge in [-0.05, 0) is 63.5 Å². The fraction of sp³-hybridized carbons (Fsp3) is 0.571. The molecule has 0 saturated heterocycles. The van der Waals surface area contributed by atoms with Crippen molar-refractivity contribution in [2.24, 2.45) is 0 Å². The highest BCUT2D eigenvalue weighted by atomic mass is 19.1. The van der Waals surface area contributed by atoms with Crippen LogP contribution in [0.25, 0.3) is 10.9 Å². The Bertz CT molecular complexity index is 749. The third-order valence-electron chi connectivity index (χ3n) is 5.63. The Morgan fingerprint density at radius 1 is 1.31 bits per heavy atom. The van der Waals surface area contributed by atoms with Crippen molar-refractivity contribution in [3.8, 4) is 0 Å². The molecule has 5 heteroatoms. The number of benzene rings is 1. The standard InChI is InChI=1S/C21H30FN3O/c1-15-18(19-13-16(22)9-10-20(19)24-15)14-21(26)23-11-6-12-25(2)17-7-4-3-5-8-17/h9-10,13,17,24H,3-8,11-12,14H2,1-2H3,(H,23,26). The number of nitrogens with zero attached hydrogens (tertiary/aromatic N) is 1. The normalized spacial score (nSPS) is 15.7. The average molecular weight is 359 g/mol. The van der Waals surface area contributed by atoms with E-state index in [4.69, 9.17) is 0 Å². The smallest absolute Gasteiger partial charge is 0.224 e. The van der Waals surface area contributed by atoms with Gasteiger partial charge in [-0.2, -0.15) is 0 Å². The Balaban J connectivity index is 1.46. The number of halogens is 1. The van der Waals surface area contributed by atoms with Crippen molar-refractivity contribution >= 4 is 16.8 Å². The maximum absolute atomic E-state index is 13.5. The second-order valence-electron chi connectivity index (χ2n) is 7.57. The van der Waals surface area contributed by atoms with Crippen molar-refractivity contribution in [3.63, 3.8) is 0 Å². The van der Waals surface area contributed by atoms with Crippen molar-refractivity contribution in [1.29, 1.82) is 0 Å². The molecule has 1 aliphatic rings. The Labute approximate surface area is 155 Å². The third-order valence-corrected chi connectivity index (χ3v) is 5.63. The van der Waals surface area contributed by atoms with Gasteiger partial charge in [0.25, 0.3) is 0 Å². The average Bonchev–Trinajstić information content (AvgIpc) is 2.94. The predicted molar refractivity (Wildman–Crippen MR) is 104 cm³/mol. The number of rotatable bonds is 7. The van der Waals surface area contributed by atoms with E-state index in [1.807, 2.05) is 6.92 Å². The number of aromatic nitrogens is 1. The summed E-state index contributed by atoms with van der Waals surface area (Å²) in [5.41, 5.74) is 2.69. The van der Waals surface area contributed by atoms with Crippen molar-refractivity contribution in [3.05, 3.63) is 35.3 Å². The van der Waals surface area contributed by atoms with Gasteiger partial charge in [-0.15, -0.1) is 0 Å². The number of fused-ring (bicyclic) bond motifs is 1. The van der Waals surface area contributed by atoms with Crippen LogP contribution in [0.3, 0.4) is 0 Å². The van der Waals surface area contributed by atoms with E-state index >= 15 is 0 Å². The lowest BCUT2D eigenvalue weighted by atomic mass is 9.94. The summed E-state index contributed by atoms with van der Waals surface area (Å²) in [7, 11) is 2.20. The minimum Gasteiger partial charge on any atom is -0.358 e.